The van der Waals surface area contributed by atoms with E-state index in [1.807, 2.05) is 0 Å². The third kappa shape index (κ3) is 3.75. The maximum absolute atomic E-state index is 12.8. The molecule has 3 rings (SSSR count). The third-order valence-electron chi connectivity index (χ3n) is 4.32. The zero-order chi connectivity index (χ0) is 19.6. The minimum absolute atomic E-state index is 0.0204. The maximum Gasteiger partial charge on any atom is 0.267 e. The summed E-state index contributed by atoms with van der Waals surface area (Å²) in [5.41, 5.74) is 0.915. The average Bonchev–Trinajstić information content (AvgIpc) is 3.05. The van der Waals surface area contributed by atoms with Crippen molar-refractivity contribution in [1.82, 2.24) is 4.31 Å². The monoisotopic (exact) mass is 386 g/mol. The first kappa shape index (κ1) is 18.8. The lowest BCUT2D eigenvalue weighted by Crippen LogP contribution is -2.45. The number of anilines is 1. The number of hydrogen-bond acceptors (Lipinski definition) is 5. The standard InChI is InChI=1S/C19H18N2O5S/c1-13(22)14-7-9-15(10-8-14)20-19(24)17-11-12-18(23)21(17)27(25,26)16-5-3-2-4-6-16/h2-10,17H,11-12H2,1H3,(H,20,24). The Morgan fingerprint density at radius 1 is 1.04 bits per heavy atom. The summed E-state index contributed by atoms with van der Waals surface area (Å²) >= 11 is 0. The van der Waals surface area contributed by atoms with Gasteiger partial charge in [-0.15, -0.1) is 0 Å². The number of rotatable bonds is 5. The van der Waals surface area contributed by atoms with Gasteiger partial charge in [-0.2, -0.15) is 0 Å². The second-order valence-electron chi connectivity index (χ2n) is 6.18. The molecule has 1 aliphatic rings. The fraction of sp³-hybridized carbons (Fsp3) is 0.211. The van der Waals surface area contributed by atoms with Crippen LogP contribution in [0.4, 0.5) is 5.69 Å². The van der Waals surface area contributed by atoms with Crippen LogP contribution in [0, 0.1) is 0 Å². The van der Waals surface area contributed by atoms with E-state index in [2.05, 4.69) is 5.32 Å². The Hall–Kier alpha value is -3.00. The summed E-state index contributed by atoms with van der Waals surface area (Å²) in [5.74, 6) is -1.30. The molecule has 2 aromatic carbocycles. The minimum Gasteiger partial charge on any atom is -0.324 e. The highest BCUT2D eigenvalue weighted by Crippen LogP contribution is 2.28. The molecule has 0 bridgehead atoms. The molecule has 2 aromatic rings. The fourth-order valence-corrected chi connectivity index (χ4v) is 4.54. The van der Waals surface area contributed by atoms with E-state index < -0.39 is 27.9 Å². The zero-order valence-electron chi connectivity index (χ0n) is 14.6. The summed E-state index contributed by atoms with van der Waals surface area (Å²) < 4.78 is 26.3. The van der Waals surface area contributed by atoms with Crippen molar-refractivity contribution in [3.63, 3.8) is 0 Å². The molecule has 7 nitrogen and oxygen atoms in total. The molecule has 0 aromatic heterocycles. The minimum atomic E-state index is -4.11. The Labute approximate surface area is 157 Å². The zero-order valence-corrected chi connectivity index (χ0v) is 15.4. The van der Waals surface area contributed by atoms with Crippen LogP contribution in [-0.2, 0) is 19.6 Å². The SMILES string of the molecule is CC(=O)c1ccc(NC(=O)C2CCC(=O)N2S(=O)(=O)c2ccccc2)cc1. The van der Waals surface area contributed by atoms with Crippen LogP contribution in [0.2, 0.25) is 0 Å². The molecule has 1 saturated heterocycles. The summed E-state index contributed by atoms with van der Waals surface area (Å²) in [5, 5.41) is 2.62. The topological polar surface area (TPSA) is 101 Å². The first-order valence-corrected chi connectivity index (χ1v) is 9.79. The average molecular weight is 386 g/mol. The quantitative estimate of drug-likeness (QED) is 0.794. The number of benzene rings is 2. The van der Waals surface area contributed by atoms with Gasteiger partial charge in [0.15, 0.2) is 5.78 Å². The van der Waals surface area contributed by atoms with Crippen molar-refractivity contribution in [2.24, 2.45) is 0 Å². The number of ketones is 1. The van der Waals surface area contributed by atoms with Crippen LogP contribution < -0.4 is 5.32 Å². The van der Waals surface area contributed by atoms with E-state index in [0.29, 0.717) is 15.6 Å². The molecule has 1 unspecified atom stereocenters. The molecule has 1 fully saturated rings. The molecule has 1 N–H and O–H groups in total. The van der Waals surface area contributed by atoms with Crippen LogP contribution in [0.15, 0.2) is 59.5 Å². The number of sulfonamides is 1. The summed E-state index contributed by atoms with van der Waals surface area (Å²) in [7, 11) is -4.11. The van der Waals surface area contributed by atoms with Crippen molar-refractivity contribution >= 4 is 33.3 Å². The first-order valence-electron chi connectivity index (χ1n) is 8.35. The highest BCUT2D eigenvalue weighted by atomic mass is 32.2. The first-order chi connectivity index (χ1) is 12.8. The summed E-state index contributed by atoms with van der Waals surface area (Å²) in [6.07, 6.45) is 0.0929. The van der Waals surface area contributed by atoms with E-state index in [0.717, 1.165) is 0 Å². The Balaban J connectivity index is 1.83. The van der Waals surface area contributed by atoms with E-state index in [-0.39, 0.29) is 23.5 Å². The van der Waals surface area contributed by atoms with E-state index in [1.165, 1.54) is 19.1 Å². The molecule has 0 aliphatic carbocycles. The van der Waals surface area contributed by atoms with E-state index in [1.54, 1.807) is 42.5 Å². The molecule has 27 heavy (non-hydrogen) atoms. The summed E-state index contributed by atoms with van der Waals surface area (Å²) in [6.45, 7) is 1.43. The van der Waals surface area contributed by atoms with Gasteiger partial charge in [0.1, 0.15) is 6.04 Å². The largest absolute Gasteiger partial charge is 0.324 e. The number of nitrogens with zero attached hydrogens (tertiary/aromatic N) is 1. The van der Waals surface area contributed by atoms with E-state index in [4.69, 9.17) is 0 Å². The number of amides is 2. The second-order valence-corrected chi connectivity index (χ2v) is 8.00. The fourth-order valence-electron chi connectivity index (χ4n) is 2.92. The van der Waals surface area contributed by atoms with Gasteiger partial charge in [0.05, 0.1) is 4.90 Å². The molecule has 0 radical (unpaired) electrons. The van der Waals surface area contributed by atoms with Crippen molar-refractivity contribution in [3.05, 3.63) is 60.2 Å². The van der Waals surface area contributed by atoms with Gasteiger partial charge < -0.3 is 5.32 Å². The van der Waals surface area contributed by atoms with Crippen molar-refractivity contribution in [2.75, 3.05) is 5.32 Å². The van der Waals surface area contributed by atoms with Crippen LogP contribution in [0.1, 0.15) is 30.1 Å². The van der Waals surface area contributed by atoms with Gasteiger partial charge in [0.25, 0.3) is 10.0 Å². The van der Waals surface area contributed by atoms with E-state index >= 15 is 0 Å². The van der Waals surface area contributed by atoms with Crippen LogP contribution in [-0.4, -0.2) is 36.4 Å². The number of Topliss-reactive ketones (excluding diaryl/α,β-unsaturated/α-hetero) is 1. The molecule has 0 spiro atoms. The van der Waals surface area contributed by atoms with Gasteiger partial charge in [-0.1, -0.05) is 18.2 Å². The highest BCUT2D eigenvalue weighted by molar-refractivity contribution is 7.89. The molecule has 1 heterocycles. The second kappa shape index (κ2) is 7.32. The molecule has 1 atom stereocenters. The van der Waals surface area contributed by atoms with Crippen molar-refractivity contribution in [2.45, 2.75) is 30.7 Å². The number of nitrogens with one attached hydrogen (secondary N) is 1. The lowest BCUT2D eigenvalue weighted by Gasteiger charge is -2.23. The van der Waals surface area contributed by atoms with Gasteiger partial charge in [-0.25, -0.2) is 12.7 Å². The van der Waals surface area contributed by atoms with Crippen LogP contribution in [0.5, 0.6) is 0 Å². The van der Waals surface area contributed by atoms with Gasteiger partial charge >= 0.3 is 0 Å². The molecule has 8 heteroatoms. The Bertz CT molecular complexity index is 985. The van der Waals surface area contributed by atoms with Gasteiger partial charge in [-0.05, 0) is 49.7 Å². The van der Waals surface area contributed by atoms with Crippen LogP contribution >= 0.6 is 0 Å². The summed E-state index contributed by atoms with van der Waals surface area (Å²) in [6, 6.07) is 12.7. The number of carbonyl (C=O) groups excluding carboxylic acids is 3. The Morgan fingerprint density at radius 2 is 1.67 bits per heavy atom. The summed E-state index contributed by atoms with van der Waals surface area (Å²) in [4.78, 5) is 36.1. The van der Waals surface area contributed by atoms with Gasteiger partial charge in [0, 0.05) is 17.7 Å². The van der Waals surface area contributed by atoms with Crippen LogP contribution in [0.25, 0.3) is 0 Å². The predicted molar refractivity (Wildman–Crippen MR) is 98.6 cm³/mol. The lowest BCUT2D eigenvalue weighted by molar-refractivity contribution is -0.128. The van der Waals surface area contributed by atoms with E-state index in [9.17, 15) is 22.8 Å². The highest BCUT2D eigenvalue weighted by Gasteiger charge is 2.44. The Morgan fingerprint density at radius 3 is 2.26 bits per heavy atom. The predicted octanol–water partition coefficient (Wildman–Crippen LogP) is 2.21. The molecule has 0 saturated carbocycles. The molecule has 140 valence electrons. The molecule has 2 amide bonds. The van der Waals surface area contributed by atoms with Crippen molar-refractivity contribution in [3.8, 4) is 0 Å². The number of carbonyl (C=O) groups is 3. The van der Waals surface area contributed by atoms with Gasteiger partial charge in [0.2, 0.25) is 11.8 Å². The molecule has 1 aliphatic heterocycles. The third-order valence-corrected chi connectivity index (χ3v) is 6.17. The normalized spacial score (nSPS) is 17.0. The number of hydrogen-bond donors (Lipinski definition) is 1. The Kier molecular flexibility index (Phi) is 5.09. The van der Waals surface area contributed by atoms with Crippen molar-refractivity contribution < 1.29 is 22.8 Å². The molecular formula is C19H18N2O5S. The lowest BCUT2D eigenvalue weighted by atomic mass is 10.1. The smallest absolute Gasteiger partial charge is 0.267 e. The van der Waals surface area contributed by atoms with Gasteiger partial charge in [-0.3, -0.25) is 14.4 Å². The maximum atomic E-state index is 12.8. The molecular weight excluding hydrogens is 368 g/mol. The van der Waals surface area contributed by atoms with Crippen LogP contribution in [0.3, 0.4) is 0 Å². The van der Waals surface area contributed by atoms with Crippen molar-refractivity contribution in [1.29, 1.82) is 0 Å².